The third-order valence-corrected chi connectivity index (χ3v) is 10.1. The fourth-order valence-electron chi connectivity index (χ4n) is 7.34. The quantitative estimate of drug-likeness (QED) is 0.298. The molecule has 8 aliphatic rings. The molecule has 8 aliphatic carbocycles. The van der Waals surface area contributed by atoms with Crippen LogP contribution in [0, 0.1) is 47.3 Å². The molecule has 8 fully saturated rings. The third-order valence-electron chi connectivity index (χ3n) is 10.1. The van der Waals surface area contributed by atoms with Gasteiger partial charge in [0.2, 0.25) is 0 Å². The van der Waals surface area contributed by atoms with Gasteiger partial charge in [-0.25, -0.2) is 0 Å². The van der Waals surface area contributed by atoms with Crippen LogP contribution in [0.3, 0.4) is 0 Å². The molecular weight excluding hydrogens is 444 g/mol. The van der Waals surface area contributed by atoms with Crippen molar-refractivity contribution in [2.45, 2.75) is 191 Å². The lowest BCUT2D eigenvalue weighted by Crippen LogP contribution is -2.28. The first-order valence-corrected chi connectivity index (χ1v) is 18.2. The van der Waals surface area contributed by atoms with Crippen molar-refractivity contribution in [2.24, 2.45) is 47.3 Å². The minimum Gasteiger partial charge on any atom is -0.0683 e. The predicted octanol–water partition coefficient (Wildman–Crippen LogP) is 13.5. The Labute approximate surface area is 238 Å². The summed E-state index contributed by atoms with van der Waals surface area (Å²) in [6, 6.07) is 0. The van der Waals surface area contributed by atoms with E-state index < -0.39 is 0 Å². The molecule has 4 unspecified atom stereocenters. The average molecular weight is 521 g/mol. The lowest BCUT2D eigenvalue weighted by Gasteiger charge is -2.40. The van der Waals surface area contributed by atoms with Gasteiger partial charge in [0, 0.05) is 0 Å². The van der Waals surface area contributed by atoms with E-state index in [4.69, 9.17) is 0 Å². The third kappa shape index (κ3) is 15.4. The molecule has 2 bridgehead atoms. The maximum absolute atomic E-state index is 2.37. The largest absolute Gasteiger partial charge is 0.0683 e. The van der Waals surface area contributed by atoms with Gasteiger partial charge in [0.1, 0.15) is 0 Å². The lowest BCUT2D eigenvalue weighted by atomic mass is 9.65. The molecule has 224 valence electrons. The van der Waals surface area contributed by atoms with Crippen LogP contribution in [0.2, 0.25) is 0 Å². The predicted molar refractivity (Wildman–Crippen MR) is 172 cm³/mol. The van der Waals surface area contributed by atoms with Crippen molar-refractivity contribution in [3.63, 3.8) is 0 Å². The zero-order valence-electron chi connectivity index (χ0n) is 28.1. The van der Waals surface area contributed by atoms with Crippen molar-refractivity contribution < 1.29 is 0 Å². The molecule has 8 saturated carbocycles. The van der Waals surface area contributed by atoms with Crippen molar-refractivity contribution in [1.29, 1.82) is 0 Å². The summed E-state index contributed by atoms with van der Waals surface area (Å²) in [4.78, 5) is 0. The molecule has 0 aromatic carbocycles. The van der Waals surface area contributed by atoms with Gasteiger partial charge >= 0.3 is 0 Å². The Morgan fingerprint density at radius 1 is 0.297 bits per heavy atom. The van der Waals surface area contributed by atoms with Gasteiger partial charge in [-0.3, -0.25) is 0 Å². The van der Waals surface area contributed by atoms with E-state index in [2.05, 4.69) is 13.8 Å². The first-order valence-electron chi connectivity index (χ1n) is 18.2. The van der Waals surface area contributed by atoms with E-state index in [1.807, 2.05) is 55.4 Å². The second-order valence-corrected chi connectivity index (χ2v) is 12.6. The SMILES string of the molecule is C1CC2CC(C1)C2.C1CC2CCC2C1.C1CCC2CC2C1.CC.CC.CC.CC.CC1CCC(C)CC1. The van der Waals surface area contributed by atoms with E-state index in [0.717, 1.165) is 11.8 Å². The van der Waals surface area contributed by atoms with Crippen molar-refractivity contribution in [3.05, 3.63) is 0 Å². The maximum atomic E-state index is 2.37. The second kappa shape index (κ2) is 23.9. The summed E-state index contributed by atoms with van der Waals surface area (Å²) in [5.41, 5.74) is 0. The molecule has 37 heavy (non-hydrogen) atoms. The average Bonchev–Trinajstić information content (AvgIpc) is 3.68. The van der Waals surface area contributed by atoms with Crippen LogP contribution in [-0.4, -0.2) is 0 Å². The topological polar surface area (TPSA) is 0 Å². The Bertz CT molecular complexity index is 403. The van der Waals surface area contributed by atoms with Crippen LogP contribution in [0.1, 0.15) is 191 Å². The van der Waals surface area contributed by atoms with Gasteiger partial charge in [0.15, 0.2) is 0 Å². The van der Waals surface area contributed by atoms with Crippen LogP contribution in [0.25, 0.3) is 0 Å². The van der Waals surface area contributed by atoms with Gasteiger partial charge < -0.3 is 0 Å². The first-order chi connectivity index (χ1) is 18.2. The number of rotatable bonds is 0. The minimum atomic E-state index is 1.02. The van der Waals surface area contributed by atoms with Crippen molar-refractivity contribution in [2.75, 3.05) is 0 Å². The maximum Gasteiger partial charge on any atom is -0.0383 e. The monoisotopic (exact) mass is 521 g/mol. The Kier molecular flexibility index (Phi) is 23.9. The van der Waals surface area contributed by atoms with Crippen molar-refractivity contribution >= 4 is 0 Å². The highest BCUT2D eigenvalue weighted by molar-refractivity contribution is 4.89. The van der Waals surface area contributed by atoms with E-state index in [1.165, 1.54) is 86.9 Å². The van der Waals surface area contributed by atoms with E-state index in [1.54, 1.807) is 70.6 Å². The Balaban J connectivity index is 0.000000428. The zero-order valence-corrected chi connectivity index (χ0v) is 28.1. The van der Waals surface area contributed by atoms with Gasteiger partial charge in [-0.2, -0.15) is 0 Å². The summed E-state index contributed by atoms with van der Waals surface area (Å²) in [6.45, 7) is 20.7. The number of hydrogen-bond donors (Lipinski definition) is 0. The van der Waals surface area contributed by atoms with Crippen LogP contribution in [0.4, 0.5) is 0 Å². The van der Waals surface area contributed by atoms with Crippen LogP contribution in [0.5, 0.6) is 0 Å². The lowest BCUT2D eigenvalue weighted by molar-refractivity contribution is 0.116. The van der Waals surface area contributed by atoms with Crippen LogP contribution in [0.15, 0.2) is 0 Å². The standard InChI is InChI=1S/C8H16.3C7H12.4C2H6/c1-7-3-5-8(2)6-4-7;1-2-6-4-7(3-1)5-6;1-2-6-4-5-7(6)3-1;1-2-4-7-5-6(7)3-1;4*1-2/h7-8H,3-6H2,1-2H3;3*6-7H,1-5H2;4*1-2H3. The molecule has 0 N–H and O–H groups in total. The fourth-order valence-corrected chi connectivity index (χ4v) is 7.34. The molecular formula is C37H76. The van der Waals surface area contributed by atoms with Gasteiger partial charge in [-0.05, 0) is 79.4 Å². The van der Waals surface area contributed by atoms with Gasteiger partial charge in [-0.15, -0.1) is 0 Å². The summed E-state index contributed by atoms with van der Waals surface area (Å²) >= 11 is 0. The van der Waals surface area contributed by atoms with Crippen LogP contribution in [-0.2, 0) is 0 Å². The van der Waals surface area contributed by atoms with Crippen molar-refractivity contribution in [1.82, 2.24) is 0 Å². The zero-order chi connectivity index (χ0) is 28.1. The molecule has 0 aromatic heterocycles. The summed E-state index contributed by atoms with van der Waals surface area (Å²) in [7, 11) is 0. The molecule has 0 saturated heterocycles. The molecule has 4 atom stereocenters. The van der Waals surface area contributed by atoms with E-state index in [9.17, 15) is 0 Å². The molecule has 0 heterocycles. The summed E-state index contributed by atoms with van der Waals surface area (Å²) in [6.07, 6.45) is 29.2. The first kappa shape index (κ1) is 37.0. The molecule has 0 spiro atoms. The molecule has 0 nitrogen and oxygen atoms in total. The second-order valence-electron chi connectivity index (χ2n) is 12.6. The minimum absolute atomic E-state index is 1.02. The highest BCUT2D eigenvalue weighted by Gasteiger charge is 2.38. The van der Waals surface area contributed by atoms with E-state index in [0.29, 0.717) is 0 Å². The Morgan fingerprint density at radius 2 is 0.622 bits per heavy atom. The summed E-state index contributed by atoms with van der Waals surface area (Å²) < 4.78 is 0. The van der Waals surface area contributed by atoms with Gasteiger partial charge in [-0.1, -0.05) is 159 Å². The van der Waals surface area contributed by atoms with E-state index in [-0.39, 0.29) is 0 Å². The molecule has 0 aromatic rings. The fraction of sp³-hybridized carbons (Fsp3) is 1.00. The van der Waals surface area contributed by atoms with Gasteiger partial charge in [0.05, 0.1) is 0 Å². The van der Waals surface area contributed by atoms with E-state index >= 15 is 0 Å². The molecule has 0 radical (unpaired) electrons. The summed E-state index contributed by atoms with van der Waals surface area (Å²) in [5.74, 6) is 9.19. The molecule has 0 amide bonds. The molecule has 8 rings (SSSR count). The van der Waals surface area contributed by atoms with Crippen LogP contribution >= 0.6 is 0 Å². The number of fused-ring (bicyclic) bond motifs is 4. The smallest absolute Gasteiger partial charge is 0.0383 e. The molecule has 0 aliphatic heterocycles. The molecule has 0 heteroatoms. The normalized spacial score (nSPS) is 36.5. The van der Waals surface area contributed by atoms with Crippen molar-refractivity contribution in [3.8, 4) is 0 Å². The Morgan fingerprint density at radius 3 is 0.838 bits per heavy atom. The van der Waals surface area contributed by atoms with Crippen LogP contribution < -0.4 is 0 Å². The Hall–Kier alpha value is 0. The highest BCUT2D eigenvalue weighted by Crippen LogP contribution is 2.49. The summed E-state index contributed by atoms with van der Waals surface area (Å²) in [5, 5.41) is 0. The highest BCUT2D eigenvalue weighted by atomic mass is 14.4. The van der Waals surface area contributed by atoms with Gasteiger partial charge in [0.25, 0.3) is 0 Å². The number of hydrogen-bond acceptors (Lipinski definition) is 0.